The molecule has 4 aromatic carbocycles. The number of benzene rings is 4. The van der Waals surface area contributed by atoms with Crippen LogP contribution in [0.1, 0.15) is 45.2 Å². The van der Waals surface area contributed by atoms with Crippen LogP contribution in [-0.2, 0) is 67.8 Å². The predicted octanol–water partition coefficient (Wildman–Crippen LogP) is 1.74. The zero-order valence-electron chi connectivity index (χ0n) is 40.8. The number of rotatable bonds is 25. The molecule has 3 amide bonds. The second-order valence-electron chi connectivity index (χ2n) is 17.6. The molecule has 8 rings (SSSR count). The van der Waals surface area contributed by atoms with E-state index in [1.165, 1.54) is 35.0 Å². The molecule has 6 atom stereocenters. The van der Waals surface area contributed by atoms with Crippen LogP contribution in [0.5, 0.6) is 28.7 Å². The topological polar surface area (TPSA) is 310 Å². The van der Waals surface area contributed by atoms with Crippen molar-refractivity contribution in [3.63, 3.8) is 0 Å². The third kappa shape index (κ3) is 13.1. The molecular formula is C52H58N6O17. The number of hydrogen-bond acceptors (Lipinski definition) is 19. The highest BCUT2D eigenvalue weighted by molar-refractivity contribution is 6.01. The Morgan fingerprint density at radius 1 is 0.813 bits per heavy atom. The monoisotopic (exact) mass is 1040 g/mol. The summed E-state index contributed by atoms with van der Waals surface area (Å²) in [4.78, 5) is 52.3. The fourth-order valence-electron chi connectivity index (χ4n) is 8.58. The van der Waals surface area contributed by atoms with Gasteiger partial charge in [-0.1, -0.05) is 30.0 Å². The Labute approximate surface area is 429 Å². The third-order valence-electron chi connectivity index (χ3n) is 12.4. The van der Waals surface area contributed by atoms with Crippen LogP contribution in [0.3, 0.4) is 0 Å². The van der Waals surface area contributed by atoms with Crippen LogP contribution >= 0.6 is 0 Å². The minimum Gasteiger partial charge on any atom is -0.508 e. The highest BCUT2D eigenvalue weighted by atomic mass is 16.7. The molecule has 0 radical (unpaired) electrons. The largest absolute Gasteiger partial charge is 0.508 e. The maximum atomic E-state index is 13.5. The zero-order chi connectivity index (χ0) is 53.1. The molecule has 0 bridgehead atoms. The number of esters is 1. The number of hydrogen-bond donors (Lipinski definition) is 8. The van der Waals surface area contributed by atoms with Gasteiger partial charge in [0.1, 0.15) is 59.7 Å². The molecule has 5 aromatic rings. The third-order valence-corrected chi connectivity index (χ3v) is 12.4. The van der Waals surface area contributed by atoms with Crippen molar-refractivity contribution in [1.29, 1.82) is 0 Å². The molecule has 0 aliphatic carbocycles. The first-order valence-corrected chi connectivity index (χ1v) is 24.1. The first kappa shape index (κ1) is 53.8. The van der Waals surface area contributed by atoms with Gasteiger partial charge >= 0.3 is 5.97 Å². The van der Waals surface area contributed by atoms with E-state index in [0.717, 1.165) is 11.6 Å². The van der Waals surface area contributed by atoms with Crippen molar-refractivity contribution in [2.45, 2.75) is 68.7 Å². The average Bonchev–Trinajstić information content (AvgIpc) is 3.98. The van der Waals surface area contributed by atoms with Crippen LogP contribution in [0.25, 0.3) is 0 Å². The van der Waals surface area contributed by atoms with Gasteiger partial charge in [0.05, 0.1) is 76.7 Å². The molecule has 8 N–H and O–H groups in total. The lowest BCUT2D eigenvalue weighted by atomic mass is 9.77. The van der Waals surface area contributed by atoms with Gasteiger partial charge < -0.3 is 79.4 Å². The number of anilines is 1. The van der Waals surface area contributed by atoms with Crippen LogP contribution in [-0.4, -0.2) is 160 Å². The SMILES string of the molecule is C=CC(=O)N[C@@H](Cc1cn(CCOCCOCCOCCOc2ccc(CCO[C@@H]3O[C@H](C)[C@@H](O)[C@H](O)[C@H]3O)cc2)nn1)C(=O)NCC(=O)Nc1ccc2c(c1)C(=O)OC21c2ccc(O)cc2Oc2cc(O)ccc21. The summed E-state index contributed by atoms with van der Waals surface area (Å²) in [5, 5.41) is 66.2. The molecule has 3 aliphatic heterocycles. The molecule has 3 aliphatic rings. The Morgan fingerprint density at radius 2 is 1.47 bits per heavy atom. The van der Waals surface area contributed by atoms with E-state index >= 15 is 0 Å². The molecule has 1 fully saturated rings. The maximum Gasteiger partial charge on any atom is 0.340 e. The average molecular weight is 1040 g/mol. The first-order chi connectivity index (χ1) is 36.2. The van der Waals surface area contributed by atoms with Crippen LogP contribution in [0.15, 0.2) is 97.7 Å². The number of fused-ring (bicyclic) bond motifs is 6. The van der Waals surface area contributed by atoms with Crippen molar-refractivity contribution in [3.05, 3.63) is 131 Å². The summed E-state index contributed by atoms with van der Waals surface area (Å²) in [6, 6.07) is 19.8. The van der Waals surface area contributed by atoms with Crippen molar-refractivity contribution >= 4 is 29.4 Å². The molecule has 23 nitrogen and oxygen atoms in total. The number of aromatic hydroxyl groups is 2. The van der Waals surface area contributed by atoms with Crippen molar-refractivity contribution in [2.75, 3.05) is 64.7 Å². The lowest BCUT2D eigenvalue weighted by Crippen LogP contribution is -2.57. The van der Waals surface area contributed by atoms with Crippen molar-refractivity contribution < 1.29 is 82.6 Å². The van der Waals surface area contributed by atoms with Crippen LogP contribution < -0.4 is 25.4 Å². The summed E-state index contributed by atoms with van der Waals surface area (Å²) in [6.07, 6.45) is -2.46. The summed E-state index contributed by atoms with van der Waals surface area (Å²) < 4.78 is 47.2. The van der Waals surface area contributed by atoms with E-state index in [-0.39, 0.29) is 53.9 Å². The van der Waals surface area contributed by atoms with Crippen LogP contribution in [0.2, 0.25) is 0 Å². The molecule has 1 spiro atoms. The molecule has 4 heterocycles. The molecule has 75 heavy (non-hydrogen) atoms. The number of phenols is 2. The Bertz CT molecular complexity index is 2770. The number of nitrogens with one attached hydrogen (secondary N) is 3. The number of carbonyl (C=O) groups excluding carboxylic acids is 4. The molecule has 1 saturated heterocycles. The standard InChI is InChI=1S/C52H58N6O17/c1-3-44(61)55-41(49(66)53-28-45(62)54-32-6-11-38-37(24-32)50(67)75-52(38)39-12-7-34(59)26-42(39)74-43-27-35(60)8-13-40(43)52)25-33-29-58(57-56-33)15-17-68-18-19-69-20-21-70-22-23-71-36-9-4-31(5-10-36)14-16-72-51-48(65)47(64)46(63)30(2)73-51/h3-13,24,26-27,29-30,41,46-48,51,59-60,63-65H,1,14-23,25,28H2,2H3,(H,53,66)(H,54,62)(H,55,61)/t30-,41+,46-,47+,48-,51-/m1/s1. The number of aromatic nitrogens is 3. The maximum absolute atomic E-state index is 13.5. The zero-order valence-corrected chi connectivity index (χ0v) is 40.8. The van der Waals surface area contributed by atoms with Gasteiger partial charge in [-0.3, -0.25) is 14.4 Å². The molecule has 398 valence electrons. The number of nitrogens with zero attached hydrogens (tertiary/aromatic N) is 3. The van der Waals surface area contributed by atoms with Crippen molar-refractivity contribution in [1.82, 2.24) is 25.6 Å². The number of aliphatic hydroxyl groups excluding tert-OH is 3. The van der Waals surface area contributed by atoms with E-state index in [9.17, 15) is 44.7 Å². The van der Waals surface area contributed by atoms with Gasteiger partial charge in [0.2, 0.25) is 17.7 Å². The lowest BCUT2D eigenvalue weighted by Gasteiger charge is -2.38. The normalized spacial score (nSPS) is 19.4. The Hall–Kier alpha value is -7.48. The van der Waals surface area contributed by atoms with E-state index in [2.05, 4.69) is 32.8 Å². The smallest absolute Gasteiger partial charge is 0.340 e. The van der Waals surface area contributed by atoms with Gasteiger partial charge in [0, 0.05) is 47.1 Å². The van der Waals surface area contributed by atoms with Crippen molar-refractivity contribution in [2.24, 2.45) is 0 Å². The van der Waals surface area contributed by atoms with E-state index in [1.807, 2.05) is 24.3 Å². The Balaban J connectivity index is 0.703. The Kier molecular flexibility index (Phi) is 17.7. The van der Waals surface area contributed by atoms with Gasteiger partial charge in [-0.2, -0.15) is 0 Å². The first-order valence-electron chi connectivity index (χ1n) is 24.1. The van der Waals surface area contributed by atoms with Crippen molar-refractivity contribution in [3.8, 4) is 28.7 Å². The van der Waals surface area contributed by atoms with Gasteiger partial charge in [-0.15, -0.1) is 5.10 Å². The number of phenolic OH excluding ortho intramolecular Hbond substituents is 2. The molecule has 1 aromatic heterocycles. The fraction of sp³-hybridized carbons (Fsp3) is 0.385. The second-order valence-corrected chi connectivity index (χ2v) is 17.6. The summed E-state index contributed by atoms with van der Waals surface area (Å²) >= 11 is 0. The summed E-state index contributed by atoms with van der Waals surface area (Å²) in [6.45, 7) is 7.50. The lowest BCUT2D eigenvalue weighted by molar-refractivity contribution is -0.292. The van der Waals surface area contributed by atoms with Crippen LogP contribution in [0.4, 0.5) is 5.69 Å². The Morgan fingerprint density at radius 3 is 2.15 bits per heavy atom. The highest BCUT2D eigenvalue weighted by Crippen LogP contribution is 2.57. The summed E-state index contributed by atoms with van der Waals surface area (Å²) in [5.74, 6) is -1.67. The molecule has 0 saturated carbocycles. The number of amides is 3. The van der Waals surface area contributed by atoms with E-state index in [0.29, 0.717) is 80.7 Å². The van der Waals surface area contributed by atoms with Gasteiger partial charge in [-0.25, -0.2) is 9.48 Å². The van der Waals surface area contributed by atoms with E-state index in [1.54, 1.807) is 37.4 Å². The molecule has 23 heteroatoms. The second kappa shape index (κ2) is 24.7. The predicted molar refractivity (Wildman–Crippen MR) is 262 cm³/mol. The minimum absolute atomic E-state index is 0.0585. The van der Waals surface area contributed by atoms with E-state index < -0.39 is 72.6 Å². The van der Waals surface area contributed by atoms with Gasteiger partial charge in [0.25, 0.3) is 0 Å². The molecular weight excluding hydrogens is 981 g/mol. The fourth-order valence-corrected chi connectivity index (χ4v) is 8.58. The summed E-state index contributed by atoms with van der Waals surface area (Å²) in [7, 11) is 0. The number of carbonyl (C=O) groups is 4. The quantitative estimate of drug-likeness (QED) is 0.0235. The highest BCUT2D eigenvalue weighted by Gasteiger charge is 2.54. The number of aliphatic hydroxyl groups is 3. The minimum atomic E-state index is -1.48. The summed E-state index contributed by atoms with van der Waals surface area (Å²) in [5.41, 5.74) is 1.58. The van der Waals surface area contributed by atoms with Gasteiger partial charge in [-0.05, 0) is 73.5 Å². The molecule has 0 unspecified atom stereocenters. The van der Waals surface area contributed by atoms with Gasteiger partial charge in [0.15, 0.2) is 11.9 Å². The van der Waals surface area contributed by atoms with E-state index in [4.69, 9.17) is 37.9 Å². The van der Waals surface area contributed by atoms with Crippen LogP contribution in [0, 0.1) is 0 Å². The number of ether oxygens (including phenoxy) is 8.